The van der Waals surface area contributed by atoms with Crippen LogP contribution in [0.4, 0.5) is 5.69 Å². The lowest BCUT2D eigenvalue weighted by Gasteiger charge is -1.91. The Labute approximate surface area is 80.5 Å². The SMILES string of the molecule is N#CC(C#N)=Nc1ccc(Cl)cc1. The molecule has 0 amide bonds. The first-order valence-electron chi connectivity index (χ1n) is 3.40. The van der Waals surface area contributed by atoms with E-state index in [1.54, 1.807) is 36.4 Å². The molecular formula is C9H4ClN3. The van der Waals surface area contributed by atoms with Gasteiger partial charge in [0, 0.05) is 5.02 Å². The average molecular weight is 190 g/mol. The molecule has 0 aliphatic heterocycles. The lowest BCUT2D eigenvalue weighted by Crippen LogP contribution is -1.85. The normalized spacial score (nSPS) is 8.23. The van der Waals surface area contributed by atoms with Gasteiger partial charge >= 0.3 is 0 Å². The van der Waals surface area contributed by atoms with E-state index >= 15 is 0 Å². The number of nitrogens with zero attached hydrogens (tertiary/aromatic N) is 3. The molecule has 0 heterocycles. The molecule has 3 nitrogen and oxygen atoms in total. The van der Waals surface area contributed by atoms with Gasteiger partial charge in [0.2, 0.25) is 5.71 Å². The standard InChI is InChI=1S/C9H4ClN3/c10-7-1-3-8(4-2-7)13-9(5-11)6-12/h1-4H. The number of nitriles is 2. The fourth-order valence-corrected chi connectivity index (χ4v) is 0.846. The van der Waals surface area contributed by atoms with Gasteiger partial charge in [-0.3, -0.25) is 0 Å². The zero-order chi connectivity index (χ0) is 9.68. The first-order valence-corrected chi connectivity index (χ1v) is 3.78. The summed E-state index contributed by atoms with van der Waals surface area (Å²) >= 11 is 5.64. The summed E-state index contributed by atoms with van der Waals surface area (Å²) in [6, 6.07) is 9.90. The lowest BCUT2D eigenvalue weighted by molar-refractivity contribution is 1.48. The van der Waals surface area contributed by atoms with Gasteiger partial charge in [-0.1, -0.05) is 11.6 Å². The minimum Gasteiger partial charge on any atom is -0.227 e. The van der Waals surface area contributed by atoms with Crippen molar-refractivity contribution in [3.63, 3.8) is 0 Å². The van der Waals surface area contributed by atoms with Crippen LogP contribution in [-0.2, 0) is 0 Å². The van der Waals surface area contributed by atoms with Crippen molar-refractivity contribution in [3.05, 3.63) is 29.3 Å². The summed E-state index contributed by atoms with van der Waals surface area (Å²) in [4.78, 5) is 3.77. The third-order valence-electron chi connectivity index (χ3n) is 1.28. The molecule has 1 aromatic rings. The maximum atomic E-state index is 8.41. The number of hydrogen-bond acceptors (Lipinski definition) is 3. The summed E-state index contributed by atoms with van der Waals surface area (Å²) in [6.07, 6.45) is 0. The summed E-state index contributed by atoms with van der Waals surface area (Å²) in [5.41, 5.74) is 0.379. The number of hydrogen-bond donors (Lipinski definition) is 0. The van der Waals surface area contributed by atoms with Gasteiger partial charge < -0.3 is 0 Å². The Bertz CT molecular complexity index is 390. The van der Waals surface area contributed by atoms with E-state index in [0.717, 1.165) is 0 Å². The summed E-state index contributed by atoms with van der Waals surface area (Å²) in [6.45, 7) is 0. The van der Waals surface area contributed by atoms with Gasteiger partial charge in [0.05, 0.1) is 5.69 Å². The van der Waals surface area contributed by atoms with Crippen LogP contribution in [0.2, 0.25) is 5.02 Å². The summed E-state index contributed by atoms with van der Waals surface area (Å²) in [7, 11) is 0. The van der Waals surface area contributed by atoms with Gasteiger partial charge in [0.1, 0.15) is 12.1 Å². The summed E-state index contributed by atoms with van der Waals surface area (Å²) in [5, 5.41) is 17.4. The number of benzene rings is 1. The van der Waals surface area contributed by atoms with Crippen molar-refractivity contribution in [3.8, 4) is 12.1 Å². The van der Waals surface area contributed by atoms with E-state index in [-0.39, 0.29) is 5.71 Å². The maximum Gasteiger partial charge on any atom is 0.218 e. The Morgan fingerprint density at radius 2 is 1.69 bits per heavy atom. The molecule has 13 heavy (non-hydrogen) atoms. The Balaban J connectivity index is 3.00. The molecule has 0 saturated heterocycles. The molecule has 0 fully saturated rings. The fraction of sp³-hybridized carbons (Fsp3) is 0. The first-order chi connectivity index (χ1) is 6.26. The molecule has 0 aromatic heterocycles. The molecule has 0 radical (unpaired) electrons. The highest BCUT2D eigenvalue weighted by Crippen LogP contribution is 2.16. The van der Waals surface area contributed by atoms with E-state index in [4.69, 9.17) is 22.1 Å². The quantitative estimate of drug-likeness (QED) is 0.637. The highest BCUT2D eigenvalue weighted by Gasteiger charge is 1.94. The van der Waals surface area contributed by atoms with Crippen LogP contribution in [0.5, 0.6) is 0 Å². The zero-order valence-electron chi connectivity index (χ0n) is 6.53. The minimum absolute atomic E-state index is 0.165. The monoisotopic (exact) mass is 189 g/mol. The third-order valence-corrected chi connectivity index (χ3v) is 1.53. The van der Waals surface area contributed by atoms with Crippen molar-refractivity contribution in [1.29, 1.82) is 10.5 Å². The molecule has 0 atom stereocenters. The van der Waals surface area contributed by atoms with Crippen molar-refractivity contribution in [2.75, 3.05) is 0 Å². The van der Waals surface area contributed by atoms with Gasteiger partial charge in [0.25, 0.3) is 0 Å². The zero-order valence-corrected chi connectivity index (χ0v) is 7.28. The highest BCUT2D eigenvalue weighted by molar-refractivity contribution is 6.30. The molecule has 0 bridgehead atoms. The second-order valence-electron chi connectivity index (χ2n) is 2.16. The predicted molar refractivity (Wildman–Crippen MR) is 49.8 cm³/mol. The number of aliphatic imine (C=N–C) groups is 1. The van der Waals surface area contributed by atoms with Crippen molar-refractivity contribution >= 4 is 23.0 Å². The van der Waals surface area contributed by atoms with Crippen molar-refractivity contribution in [2.45, 2.75) is 0 Å². The average Bonchev–Trinajstić information content (AvgIpc) is 2.17. The molecule has 62 valence electrons. The lowest BCUT2D eigenvalue weighted by atomic mass is 10.3. The Morgan fingerprint density at radius 1 is 1.15 bits per heavy atom. The Kier molecular flexibility index (Phi) is 3.03. The van der Waals surface area contributed by atoms with Crippen molar-refractivity contribution < 1.29 is 0 Å². The van der Waals surface area contributed by atoms with Gasteiger partial charge in [-0.25, -0.2) is 4.99 Å². The topological polar surface area (TPSA) is 59.9 Å². The second-order valence-corrected chi connectivity index (χ2v) is 2.60. The minimum atomic E-state index is -0.165. The maximum absolute atomic E-state index is 8.41. The molecule has 0 spiro atoms. The molecule has 4 heteroatoms. The largest absolute Gasteiger partial charge is 0.227 e. The first kappa shape index (κ1) is 9.25. The van der Waals surface area contributed by atoms with Crippen molar-refractivity contribution in [1.82, 2.24) is 0 Å². The molecule has 1 rings (SSSR count). The van der Waals surface area contributed by atoms with Gasteiger partial charge in [-0.2, -0.15) is 10.5 Å². The fourth-order valence-electron chi connectivity index (χ4n) is 0.720. The Morgan fingerprint density at radius 3 is 2.15 bits per heavy atom. The van der Waals surface area contributed by atoms with E-state index in [2.05, 4.69) is 4.99 Å². The Hall–Kier alpha value is -1.84. The molecule has 0 saturated carbocycles. The van der Waals surface area contributed by atoms with Crippen LogP contribution >= 0.6 is 11.6 Å². The van der Waals surface area contributed by atoms with Crippen LogP contribution in [0, 0.1) is 22.7 Å². The van der Waals surface area contributed by atoms with Gasteiger partial charge in [-0.15, -0.1) is 0 Å². The van der Waals surface area contributed by atoms with E-state index in [0.29, 0.717) is 10.7 Å². The van der Waals surface area contributed by atoms with E-state index in [1.807, 2.05) is 0 Å². The summed E-state index contributed by atoms with van der Waals surface area (Å²) < 4.78 is 0. The van der Waals surface area contributed by atoms with Gasteiger partial charge in [-0.05, 0) is 24.3 Å². The smallest absolute Gasteiger partial charge is 0.218 e. The van der Waals surface area contributed by atoms with E-state index < -0.39 is 0 Å². The highest BCUT2D eigenvalue weighted by atomic mass is 35.5. The third kappa shape index (κ3) is 2.59. The van der Waals surface area contributed by atoms with Crippen LogP contribution in [-0.4, -0.2) is 5.71 Å². The summed E-state index contributed by atoms with van der Waals surface area (Å²) in [5.74, 6) is 0. The molecule has 0 aliphatic rings. The van der Waals surface area contributed by atoms with Crippen LogP contribution in [0.3, 0.4) is 0 Å². The van der Waals surface area contributed by atoms with Crippen LogP contribution in [0.15, 0.2) is 29.3 Å². The number of rotatable bonds is 1. The molecule has 0 aliphatic carbocycles. The number of halogens is 1. The second kappa shape index (κ2) is 4.25. The molecule has 0 unspecified atom stereocenters. The van der Waals surface area contributed by atoms with Crippen molar-refractivity contribution in [2.24, 2.45) is 4.99 Å². The van der Waals surface area contributed by atoms with Crippen LogP contribution in [0.1, 0.15) is 0 Å². The predicted octanol–water partition coefficient (Wildman–Crippen LogP) is 2.46. The van der Waals surface area contributed by atoms with Gasteiger partial charge in [0.15, 0.2) is 0 Å². The van der Waals surface area contributed by atoms with E-state index in [9.17, 15) is 0 Å². The molecule has 1 aromatic carbocycles. The van der Waals surface area contributed by atoms with E-state index in [1.165, 1.54) is 0 Å². The molecular weight excluding hydrogens is 186 g/mol. The van der Waals surface area contributed by atoms with Crippen LogP contribution in [0.25, 0.3) is 0 Å². The van der Waals surface area contributed by atoms with Crippen LogP contribution < -0.4 is 0 Å². The molecule has 0 N–H and O–H groups in total.